The molecule has 1 amide bonds. The van der Waals surface area contributed by atoms with Crippen molar-refractivity contribution >= 4 is 11.6 Å². The first kappa shape index (κ1) is 34.4. The van der Waals surface area contributed by atoms with Crippen LogP contribution in [0.3, 0.4) is 0 Å². The molecular formula is C38H48N4O4. The van der Waals surface area contributed by atoms with Crippen molar-refractivity contribution in [2.45, 2.75) is 91.9 Å². The van der Waals surface area contributed by atoms with Gasteiger partial charge in [0.25, 0.3) is 11.6 Å². The molecule has 8 heteroatoms. The number of carbonyl (C=O) groups excluding carboxylic acids is 1. The van der Waals surface area contributed by atoms with E-state index in [0.717, 1.165) is 42.6 Å². The number of hydrogen-bond donors (Lipinski definition) is 1. The zero-order chi connectivity index (χ0) is 33.6. The predicted octanol–water partition coefficient (Wildman–Crippen LogP) is 9.03. The molecule has 244 valence electrons. The number of nitro benzene ring substituents is 1. The topological polar surface area (TPSA) is 99.3 Å². The number of carbonyl (C=O) groups is 1. The first-order valence-electron chi connectivity index (χ1n) is 16.3. The molecule has 0 aliphatic carbocycles. The molecular weight excluding hydrogens is 576 g/mol. The van der Waals surface area contributed by atoms with Gasteiger partial charge >= 0.3 is 0 Å². The number of aromatic nitrogens is 2. The molecule has 1 heterocycles. The Bertz CT molecular complexity index is 1690. The number of rotatable bonds is 14. The smallest absolute Gasteiger partial charge is 0.270 e. The molecule has 3 aromatic carbocycles. The molecule has 8 nitrogen and oxygen atoms in total. The number of nitro groups is 1. The maximum Gasteiger partial charge on any atom is 0.270 e. The van der Waals surface area contributed by atoms with Gasteiger partial charge in [0.1, 0.15) is 11.4 Å². The van der Waals surface area contributed by atoms with E-state index in [2.05, 4.69) is 65.1 Å². The number of hydrogen-bond acceptors (Lipinski definition) is 5. The monoisotopic (exact) mass is 624 g/mol. The highest BCUT2D eigenvalue weighted by atomic mass is 16.6. The Labute approximate surface area is 273 Å². The number of amides is 1. The Hall–Kier alpha value is -4.46. The lowest BCUT2D eigenvalue weighted by atomic mass is 9.76. The molecule has 1 aromatic heterocycles. The quantitative estimate of drug-likeness (QED) is 0.0857. The number of ether oxygens (including phenoxy) is 1. The highest BCUT2D eigenvalue weighted by molar-refractivity contribution is 5.94. The molecule has 0 fully saturated rings. The van der Waals surface area contributed by atoms with Crippen molar-refractivity contribution in [2.24, 2.45) is 0 Å². The molecule has 0 aliphatic heterocycles. The van der Waals surface area contributed by atoms with Gasteiger partial charge in [0.15, 0.2) is 0 Å². The molecule has 0 atom stereocenters. The fourth-order valence-corrected chi connectivity index (χ4v) is 5.20. The van der Waals surface area contributed by atoms with E-state index in [1.807, 2.05) is 32.0 Å². The van der Waals surface area contributed by atoms with Crippen molar-refractivity contribution in [1.82, 2.24) is 15.1 Å². The molecule has 4 aromatic rings. The minimum Gasteiger partial charge on any atom is -0.493 e. The summed E-state index contributed by atoms with van der Waals surface area (Å²) < 4.78 is 7.87. The average Bonchev–Trinajstić information content (AvgIpc) is 3.49. The van der Waals surface area contributed by atoms with Crippen molar-refractivity contribution in [2.75, 3.05) is 13.2 Å². The summed E-state index contributed by atoms with van der Waals surface area (Å²) in [7, 11) is 0. The first-order valence-corrected chi connectivity index (χ1v) is 16.3. The van der Waals surface area contributed by atoms with E-state index in [0.29, 0.717) is 30.2 Å². The van der Waals surface area contributed by atoms with Gasteiger partial charge in [-0.25, -0.2) is 4.68 Å². The van der Waals surface area contributed by atoms with Gasteiger partial charge in [-0.15, -0.1) is 0 Å². The third-order valence-corrected chi connectivity index (χ3v) is 9.42. The second-order valence-electron chi connectivity index (χ2n) is 13.4. The SMILES string of the molecule is CCC(C)(C)c1ccc(OCCCCNC(=O)c2cc(-c3ccc(C)c(C)c3)nn2-c2ccc([N+](=O)[O-])cc2)c(C(C)(C)CC)c1. The van der Waals surface area contributed by atoms with Crippen LogP contribution < -0.4 is 10.1 Å². The molecule has 0 saturated carbocycles. The number of nitrogens with zero attached hydrogens (tertiary/aromatic N) is 3. The summed E-state index contributed by atoms with van der Waals surface area (Å²) >= 11 is 0. The summed E-state index contributed by atoms with van der Waals surface area (Å²) in [5, 5.41) is 19.0. The Morgan fingerprint density at radius 3 is 2.22 bits per heavy atom. The lowest BCUT2D eigenvalue weighted by Gasteiger charge is -2.30. The molecule has 46 heavy (non-hydrogen) atoms. The second kappa shape index (κ2) is 14.3. The van der Waals surface area contributed by atoms with Crippen LogP contribution in [0, 0.1) is 24.0 Å². The van der Waals surface area contributed by atoms with Gasteiger partial charge in [-0.3, -0.25) is 14.9 Å². The number of non-ortho nitro benzene ring substituents is 1. The predicted molar refractivity (Wildman–Crippen MR) is 185 cm³/mol. The van der Waals surface area contributed by atoms with Crippen LogP contribution in [0.5, 0.6) is 5.75 Å². The normalized spacial score (nSPS) is 11.8. The first-order chi connectivity index (χ1) is 21.8. The average molecular weight is 625 g/mol. The summed E-state index contributed by atoms with van der Waals surface area (Å²) in [5.41, 5.74) is 7.41. The number of benzene rings is 3. The van der Waals surface area contributed by atoms with Gasteiger partial charge in [-0.2, -0.15) is 5.10 Å². The van der Waals surface area contributed by atoms with E-state index in [1.165, 1.54) is 28.8 Å². The lowest BCUT2D eigenvalue weighted by Crippen LogP contribution is -2.27. The van der Waals surface area contributed by atoms with Crippen LogP contribution in [0.15, 0.2) is 66.7 Å². The van der Waals surface area contributed by atoms with Gasteiger partial charge in [-0.1, -0.05) is 65.8 Å². The Morgan fingerprint density at radius 2 is 1.59 bits per heavy atom. The third-order valence-electron chi connectivity index (χ3n) is 9.42. The lowest BCUT2D eigenvalue weighted by molar-refractivity contribution is -0.384. The Morgan fingerprint density at radius 1 is 0.891 bits per heavy atom. The molecule has 0 bridgehead atoms. The van der Waals surface area contributed by atoms with Crippen LogP contribution in [0.1, 0.15) is 100.0 Å². The summed E-state index contributed by atoms with van der Waals surface area (Å²) in [6, 6.07) is 20.5. The van der Waals surface area contributed by atoms with Crippen molar-refractivity contribution in [1.29, 1.82) is 0 Å². The van der Waals surface area contributed by atoms with Crippen molar-refractivity contribution < 1.29 is 14.5 Å². The van der Waals surface area contributed by atoms with Crippen LogP contribution in [-0.2, 0) is 10.8 Å². The van der Waals surface area contributed by atoms with Gasteiger partial charge < -0.3 is 10.1 Å². The maximum atomic E-state index is 13.4. The molecule has 0 unspecified atom stereocenters. The van der Waals surface area contributed by atoms with Crippen molar-refractivity contribution in [3.05, 3.63) is 105 Å². The highest BCUT2D eigenvalue weighted by Crippen LogP contribution is 2.38. The van der Waals surface area contributed by atoms with Gasteiger partial charge in [-0.05, 0) is 97.4 Å². The minimum absolute atomic E-state index is 0.00804. The second-order valence-corrected chi connectivity index (χ2v) is 13.4. The van der Waals surface area contributed by atoms with Crippen LogP contribution in [0.25, 0.3) is 16.9 Å². The number of nitrogens with one attached hydrogen (secondary N) is 1. The van der Waals surface area contributed by atoms with E-state index in [9.17, 15) is 14.9 Å². The maximum absolute atomic E-state index is 13.4. The van der Waals surface area contributed by atoms with Gasteiger partial charge in [0, 0.05) is 29.8 Å². The van der Waals surface area contributed by atoms with Crippen LogP contribution >= 0.6 is 0 Å². The zero-order valence-corrected chi connectivity index (χ0v) is 28.6. The van der Waals surface area contributed by atoms with E-state index in [1.54, 1.807) is 22.9 Å². The van der Waals surface area contributed by atoms with Crippen molar-refractivity contribution in [3.63, 3.8) is 0 Å². The molecule has 1 N–H and O–H groups in total. The molecule has 0 aliphatic rings. The van der Waals surface area contributed by atoms with Crippen LogP contribution in [0.4, 0.5) is 5.69 Å². The molecule has 0 spiro atoms. The van der Waals surface area contributed by atoms with Gasteiger partial charge in [0.05, 0.1) is 22.9 Å². The fourth-order valence-electron chi connectivity index (χ4n) is 5.20. The molecule has 4 rings (SSSR count). The van der Waals surface area contributed by atoms with Gasteiger partial charge in [0.2, 0.25) is 0 Å². The van der Waals surface area contributed by atoms with Crippen LogP contribution in [-0.4, -0.2) is 33.8 Å². The largest absolute Gasteiger partial charge is 0.493 e. The standard InChI is InChI=1S/C38H48N4O4/c1-9-37(5,6)29-15-20-35(32(24-29)38(7,8)10-2)46-22-12-11-21-39-36(43)34-25-33(28-14-13-26(3)27(4)23-28)40-41(34)30-16-18-31(19-17-30)42(44)45/h13-20,23-25H,9-12,21-22H2,1-8H3,(H,39,43). The third kappa shape index (κ3) is 7.84. The van der Waals surface area contributed by atoms with E-state index >= 15 is 0 Å². The van der Waals surface area contributed by atoms with Crippen LogP contribution in [0.2, 0.25) is 0 Å². The summed E-state index contributed by atoms with van der Waals surface area (Å²) in [6.45, 7) is 18.6. The van der Waals surface area contributed by atoms with E-state index in [-0.39, 0.29) is 22.4 Å². The summed E-state index contributed by atoms with van der Waals surface area (Å²) in [6.07, 6.45) is 3.60. The number of aryl methyl sites for hydroxylation is 2. The van der Waals surface area contributed by atoms with E-state index < -0.39 is 4.92 Å². The zero-order valence-electron chi connectivity index (χ0n) is 28.6. The molecule has 0 radical (unpaired) electrons. The summed E-state index contributed by atoms with van der Waals surface area (Å²) in [4.78, 5) is 24.2. The minimum atomic E-state index is -0.446. The summed E-state index contributed by atoms with van der Waals surface area (Å²) in [5.74, 6) is 0.667. The molecule has 0 saturated heterocycles. The Balaban J connectivity index is 1.44. The number of unbranched alkanes of at least 4 members (excludes halogenated alkanes) is 1. The Kier molecular flexibility index (Phi) is 10.7. The van der Waals surface area contributed by atoms with Crippen molar-refractivity contribution in [3.8, 4) is 22.7 Å². The highest BCUT2D eigenvalue weighted by Gasteiger charge is 2.26. The fraction of sp³-hybridized carbons (Fsp3) is 0.421. The van der Waals surface area contributed by atoms with E-state index in [4.69, 9.17) is 9.84 Å².